The number of Topliss-reactive ketones (excluding diaryl/α,β-unsaturated/α-hetero) is 1. The molecule has 8 heteroatoms. The molecule has 1 fully saturated rings. The summed E-state index contributed by atoms with van der Waals surface area (Å²) in [4.78, 5) is 30.3. The molecule has 3 aromatic rings. The topological polar surface area (TPSA) is 88.5 Å². The fraction of sp³-hybridized carbons (Fsp3) is 0.267. The number of amides is 1. The maximum absolute atomic E-state index is 13.4. The van der Waals surface area contributed by atoms with E-state index in [1.165, 1.54) is 19.1 Å². The van der Waals surface area contributed by atoms with Gasteiger partial charge in [0.2, 0.25) is 0 Å². The molecule has 0 saturated carbocycles. The number of hydrogen-bond acceptors (Lipinski definition) is 7. The smallest absolute Gasteiger partial charge is 0.295 e. The fourth-order valence-electron chi connectivity index (χ4n) is 4.54. The molecule has 1 saturated heterocycles. The number of aliphatic hydroxyl groups is 1. The van der Waals surface area contributed by atoms with Crippen LogP contribution in [0.3, 0.4) is 0 Å². The molecule has 4 rings (SSSR count). The van der Waals surface area contributed by atoms with Gasteiger partial charge < -0.3 is 29.1 Å². The molecule has 0 radical (unpaired) electrons. The van der Waals surface area contributed by atoms with Crippen molar-refractivity contribution in [3.05, 3.63) is 89.0 Å². The number of ketones is 1. The number of carbonyl (C=O) groups is 2. The van der Waals surface area contributed by atoms with Crippen LogP contribution in [-0.2, 0) is 16.1 Å². The highest BCUT2D eigenvalue weighted by molar-refractivity contribution is 6.46. The van der Waals surface area contributed by atoms with Crippen LogP contribution in [0.25, 0.3) is 5.76 Å². The standard InChI is InChI=1S/C30H32N2O6/c1-6-38-22-13-7-19(8-14-22)18-32-27(20-9-11-21(12-10-20)31(2)3)26(29(34)30(32)35)28(33)24-16-15-23(36-4)17-25(24)37-5/h7-17,27,33H,6,18H2,1-5H3/b28-26-. The van der Waals surface area contributed by atoms with E-state index >= 15 is 0 Å². The van der Waals surface area contributed by atoms with Crippen LogP contribution >= 0.6 is 0 Å². The van der Waals surface area contributed by atoms with Gasteiger partial charge in [-0.3, -0.25) is 9.59 Å². The summed E-state index contributed by atoms with van der Waals surface area (Å²) in [6.07, 6.45) is 0. The first kappa shape index (κ1) is 26.6. The van der Waals surface area contributed by atoms with Gasteiger partial charge in [0.1, 0.15) is 23.0 Å². The minimum Gasteiger partial charge on any atom is -0.507 e. The van der Waals surface area contributed by atoms with E-state index in [9.17, 15) is 14.7 Å². The molecule has 1 atom stereocenters. The van der Waals surface area contributed by atoms with Crippen LogP contribution in [0, 0.1) is 0 Å². The lowest BCUT2D eigenvalue weighted by atomic mass is 9.94. The normalized spacial score (nSPS) is 16.4. The van der Waals surface area contributed by atoms with Crippen molar-refractivity contribution in [2.24, 2.45) is 0 Å². The summed E-state index contributed by atoms with van der Waals surface area (Å²) in [5, 5.41) is 11.5. The minimum atomic E-state index is -0.801. The fourth-order valence-corrected chi connectivity index (χ4v) is 4.54. The van der Waals surface area contributed by atoms with Gasteiger partial charge in [-0.1, -0.05) is 24.3 Å². The van der Waals surface area contributed by atoms with Crippen LogP contribution < -0.4 is 19.1 Å². The molecule has 1 unspecified atom stereocenters. The quantitative estimate of drug-likeness (QED) is 0.249. The number of likely N-dealkylation sites (tertiary alicyclic amines) is 1. The second kappa shape index (κ2) is 11.3. The second-order valence-electron chi connectivity index (χ2n) is 9.06. The van der Waals surface area contributed by atoms with Gasteiger partial charge in [-0.25, -0.2) is 0 Å². The Kier molecular flexibility index (Phi) is 7.90. The third-order valence-corrected chi connectivity index (χ3v) is 6.52. The highest BCUT2D eigenvalue weighted by Gasteiger charge is 2.46. The largest absolute Gasteiger partial charge is 0.507 e. The number of methoxy groups -OCH3 is 2. The molecule has 0 aromatic heterocycles. The SMILES string of the molecule is CCOc1ccc(CN2C(=O)C(=O)/C(=C(\O)c3ccc(OC)cc3OC)C2c2ccc(N(C)C)cc2)cc1. The van der Waals surface area contributed by atoms with Gasteiger partial charge in [0.05, 0.1) is 38.0 Å². The number of anilines is 1. The highest BCUT2D eigenvalue weighted by atomic mass is 16.5. The Labute approximate surface area is 222 Å². The van der Waals surface area contributed by atoms with Gasteiger partial charge in [0.15, 0.2) is 0 Å². The van der Waals surface area contributed by atoms with E-state index in [1.807, 2.05) is 74.4 Å². The molecule has 0 aliphatic carbocycles. The molecule has 38 heavy (non-hydrogen) atoms. The average molecular weight is 517 g/mol. The van der Waals surface area contributed by atoms with Crippen molar-refractivity contribution in [2.45, 2.75) is 19.5 Å². The molecule has 1 aliphatic rings. The Hall–Kier alpha value is -4.46. The number of rotatable bonds is 9. The third-order valence-electron chi connectivity index (χ3n) is 6.52. The summed E-state index contributed by atoms with van der Waals surface area (Å²) in [6.45, 7) is 2.63. The lowest BCUT2D eigenvalue weighted by molar-refractivity contribution is -0.140. The summed E-state index contributed by atoms with van der Waals surface area (Å²) in [6, 6.07) is 19.1. The van der Waals surface area contributed by atoms with E-state index in [0.717, 1.165) is 17.0 Å². The maximum atomic E-state index is 13.4. The monoisotopic (exact) mass is 516 g/mol. The number of carbonyl (C=O) groups excluding carboxylic acids is 2. The van der Waals surface area contributed by atoms with Crippen molar-refractivity contribution in [3.8, 4) is 17.2 Å². The number of ether oxygens (including phenoxy) is 3. The second-order valence-corrected chi connectivity index (χ2v) is 9.06. The molecule has 198 valence electrons. The Morgan fingerprint density at radius 1 is 0.921 bits per heavy atom. The van der Waals surface area contributed by atoms with E-state index in [0.29, 0.717) is 29.2 Å². The van der Waals surface area contributed by atoms with E-state index in [2.05, 4.69) is 0 Å². The van der Waals surface area contributed by atoms with E-state index < -0.39 is 17.7 Å². The van der Waals surface area contributed by atoms with Gasteiger partial charge in [-0.2, -0.15) is 0 Å². The van der Waals surface area contributed by atoms with Gasteiger partial charge in [0.25, 0.3) is 11.7 Å². The first-order valence-electron chi connectivity index (χ1n) is 12.3. The maximum Gasteiger partial charge on any atom is 0.295 e. The summed E-state index contributed by atoms with van der Waals surface area (Å²) in [7, 11) is 6.86. The number of nitrogens with zero attached hydrogens (tertiary/aromatic N) is 2. The first-order chi connectivity index (χ1) is 18.3. The molecular formula is C30H32N2O6. The Morgan fingerprint density at radius 3 is 2.16 bits per heavy atom. The van der Waals surface area contributed by atoms with Crippen molar-refractivity contribution in [1.82, 2.24) is 4.90 Å². The molecule has 1 aliphatic heterocycles. The lowest BCUT2D eigenvalue weighted by Gasteiger charge is -2.26. The molecular weight excluding hydrogens is 484 g/mol. The Bertz CT molecular complexity index is 1350. The molecule has 3 aromatic carbocycles. The van der Waals surface area contributed by atoms with Gasteiger partial charge in [0, 0.05) is 32.4 Å². The lowest BCUT2D eigenvalue weighted by Crippen LogP contribution is -2.29. The van der Waals surface area contributed by atoms with E-state index in [1.54, 1.807) is 18.2 Å². The Morgan fingerprint density at radius 2 is 1.58 bits per heavy atom. The Balaban J connectivity index is 1.83. The number of hydrogen-bond donors (Lipinski definition) is 1. The summed E-state index contributed by atoms with van der Waals surface area (Å²) in [5.41, 5.74) is 2.79. The molecule has 1 amide bonds. The third kappa shape index (κ3) is 5.16. The number of aliphatic hydroxyl groups excluding tert-OH is 1. The van der Waals surface area contributed by atoms with E-state index in [-0.39, 0.29) is 17.9 Å². The van der Waals surface area contributed by atoms with Crippen LogP contribution in [0.4, 0.5) is 5.69 Å². The zero-order chi connectivity index (χ0) is 27.4. The van der Waals surface area contributed by atoms with Crippen molar-refractivity contribution in [1.29, 1.82) is 0 Å². The first-order valence-corrected chi connectivity index (χ1v) is 12.3. The predicted octanol–water partition coefficient (Wildman–Crippen LogP) is 4.79. The zero-order valence-corrected chi connectivity index (χ0v) is 22.2. The summed E-state index contributed by atoms with van der Waals surface area (Å²) in [5.74, 6) is -0.173. The molecule has 8 nitrogen and oxygen atoms in total. The predicted molar refractivity (Wildman–Crippen MR) is 146 cm³/mol. The average Bonchev–Trinajstić information content (AvgIpc) is 3.18. The molecule has 0 spiro atoms. The zero-order valence-electron chi connectivity index (χ0n) is 22.2. The van der Waals surface area contributed by atoms with Crippen molar-refractivity contribution >= 4 is 23.1 Å². The van der Waals surface area contributed by atoms with Crippen LogP contribution in [0.5, 0.6) is 17.2 Å². The van der Waals surface area contributed by atoms with Gasteiger partial charge >= 0.3 is 0 Å². The van der Waals surface area contributed by atoms with Crippen LogP contribution in [0.1, 0.15) is 29.7 Å². The molecule has 0 bridgehead atoms. The van der Waals surface area contributed by atoms with Crippen molar-refractivity contribution in [2.75, 3.05) is 39.8 Å². The molecule has 1 N–H and O–H groups in total. The van der Waals surface area contributed by atoms with E-state index in [4.69, 9.17) is 14.2 Å². The van der Waals surface area contributed by atoms with Crippen LogP contribution in [0.15, 0.2) is 72.3 Å². The summed E-state index contributed by atoms with van der Waals surface area (Å²) < 4.78 is 16.3. The van der Waals surface area contributed by atoms with Crippen LogP contribution in [0.2, 0.25) is 0 Å². The van der Waals surface area contributed by atoms with Crippen LogP contribution in [-0.4, -0.2) is 56.6 Å². The summed E-state index contributed by atoms with van der Waals surface area (Å²) >= 11 is 0. The van der Waals surface area contributed by atoms with Gasteiger partial charge in [-0.05, 0) is 54.4 Å². The van der Waals surface area contributed by atoms with Crippen molar-refractivity contribution in [3.63, 3.8) is 0 Å². The minimum absolute atomic E-state index is 0.00186. The molecule has 1 heterocycles. The van der Waals surface area contributed by atoms with Gasteiger partial charge in [-0.15, -0.1) is 0 Å². The highest BCUT2D eigenvalue weighted by Crippen LogP contribution is 2.42. The number of benzene rings is 3. The van der Waals surface area contributed by atoms with Crippen molar-refractivity contribution < 1.29 is 28.9 Å².